The lowest BCUT2D eigenvalue weighted by atomic mass is 10.2. The molecule has 24 heavy (non-hydrogen) atoms. The smallest absolute Gasteiger partial charge is 0.232 e. The van der Waals surface area contributed by atoms with Gasteiger partial charge in [-0.25, -0.2) is 9.97 Å². The summed E-state index contributed by atoms with van der Waals surface area (Å²) in [6.45, 7) is 0. The van der Waals surface area contributed by atoms with Crippen molar-refractivity contribution in [3.05, 3.63) is 58.1 Å². The molecule has 0 aliphatic heterocycles. The third-order valence-corrected chi connectivity index (χ3v) is 5.16. The molecule has 4 aromatic rings. The summed E-state index contributed by atoms with van der Waals surface area (Å²) in [6, 6.07) is 7.44. The Balaban J connectivity index is 1.44. The molecule has 0 spiro atoms. The number of hydrogen-bond donors (Lipinski definition) is 1. The van der Waals surface area contributed by atoms with Crippen LogP contribution in [-0.4, -0.2) is 20.3 Å². The molecule has 1 aromatic carbocycles. The highest BCUT2D eigenvalue weighted by Gasteiger charge is 2.11. The van der Waals surface area contributed by atoms with Gasteiger partial charge in [0.05, 0.1) is 17.8 Å². The van der Waals surface area contributed by atoms with Crippen molar-refractivity contribution < 1.29 is 4.79 Å². The predicted molar refractivity (Wildman–Crippen MR) is 98.0 cm³/mol. The minimum atomic E-state index is -0.127. The quantitative estimate of drug-likeness (QED) is 0.577. The van der Waals surface area contributed by atoms with Gasteiger partial charge in [0.2, 0.25) is 5.91 Å². The first-order chi connectivity index (χ1) is 11.7. The molecule has 0 aliphatic rings. The number of benzene rings is 1. The van der Waals surface area contributed by atoms with Gasteiger partial charge in [0.25, 0.3) is 0 Å². The van der Waals surface area contributed by atoms with Gasteiger partial charge in [-0.05, 0) is 12.1 Å². The molecule has 0 bridgehead atoms. The van der Waals surface area contributed by atoms with E-state index in [-0.39, 0.29) is 12.3 Å². The van der Waals surface area contributed by atoms with Gasteiger partial charge in [0, 0.05) is 33.7 Å². The second-order valence-corrected chi connectivity index (χ2v) is 7.26. The molecular formula is C16H11ClN4OS2. The van der Waals surface area contributed by atoms with Gasteiger partial charge in [-0.1, -0.05) is 23.7 Å². The number of hydrogen-bond acceptors (Lipinski definition) is 5. The Morgan fingerprint density at radius 3 is 2.83 bits per heavy atom. The van der Waals surface area contributed by atoms with Gasteiger partial charge >= 0.3 is 0 Å². The van der Waals surface area contributed by atoms with Crippen LogP contribution in [0.4, 0.5) is 5.13 Å². The van der Waals surface area contributed by atoms with Crippen LogP contribution in [0.25, 0.3) is 16.2 Å². The van der Waals surface area contributed by atoms with E-state index in [1.54, 1.807) is 11.3 Å². The molecule has 3 aromatic heterocycles. The predicted octanol–water partition coefficient (Wildman–Crippen LogP) is 4.35. The molecule has 0 unspecified atom stereocenters. The van der Waals surface area contributed by atoms with Crippen molar-refractivity contribution in [2.75, 3.05) is 5.32 Å². The summed E-state index contributed by atoms with van der Waals surface area (Å²) in [4.78, 5) is 21.9. The van der Waals surface area contributed by atoms with E-state index < -0.39 is 0 Å². The largest absolute Gasteiger partial charge is 0.302 e. The molecule has 4 rings (SSSR count). The molecule has 0 aliphatic carbocycles. The number of halogens is 1. The van der Waals surface area contributed by atoms with Gasteiger partial charge in [0.15, 0.2) is 10.1 Å². The first kappa shape index (κ1) is 15.3. The zero-order valence-electron chi connectivity index (χ0n) is 12.3. The number of amides is 1. The molecule has 1 amide bonds. The molecule has 120 valence electrons. The van der Waals surface area contributed by atoms with Gasteiger partial charge < -0.3 is 5.32 Å². The van der Waals surface area contributed by atoms with Crippen LogP contribution in [0.15, 0.2) is 47.4 Å². The van der Waals surface area contributed by atoms with Crippen LogP contribution >= 0.6 is 34.3 Å². The number of rotatable bonds is 4. The van der Waals surface area contributed by atoms with E-state index in [0.29, 0.717) is 10.2 Å². The monoisotopic (exact) mass is 374 g/mol. The van der Waals surface area contributed by atoms with Crippen LogP contribution in [0.2, 0.25) is 5.02 Å². The van der Waals surface area contributed by atoms with Crippen molar-refractivity contribution in [3.8, 4) is 11.3 Å². The second kappa shape index (κ2) is 6.35. The van der Waals surface area contributed by atoms with Crippen molar-refractivity contribution in [1.82, 2.24) is 14.4 Å². The Kier molecular flexibility index (Phi) is 4.05. The maximum absolute atomic E-state index is 12.2. The minimum Gasteiger partial charge on any atom is -0.302 e. The highest BCUT2D eigenvalue weighted by atomic mass is 35.5. The van der Waals surface area contributed by atoms with Gasteiger partial charge in [0.1, 0.15) is 0 Å². The summed E-state index contributed by atoms with van der Waals surface area (Å²) in [7, 11) is 0. The fourth-order valence-corrected chi connectivity index (χ4v) is 3.85. The van der Waals surface area contributed by atoms with Crippen molar-refractivity contribution in [1.29, 1.82) is 0 Å². The molecule has 1 N–H and O–H groups in total. The summed E-state index contributed by atoms with van der Waals surface area (Å²) in [5, 5.41) is 7.95. The molecule has 0 atom stereocenters. The molecule has 8 heteroatoms. The third kappa shape index (κ3) is 3.19. The maximum Gasteiger partial charge on any atom is 0.232 e. The minimum absolute atomic E-state index is 0.127. The lowest BCUT2D eigenvalue weighted by Gasteiger charge is -1.99. The number of carbonyl (C=O) groups is 1. The molecule has 0 fully saturated rings. The van der Waals surface area contributed by atoms with Crippen LogP contribution in [0, 0.1) is 0 Å². The van der Waals surface area contributed by atoms with E-state index in [0.717, 1.165) is 21.9 Å². The van der Waals surface area contributed by atoms with Crippen molar-refractivity contribution >= 4 is 50.3 Å². The molecule has 0 radical (unpaired) electrons. The van der Waals surface area contributed by atoms with Crippen molar-refractivity contribution in [2.24, 2.45) is 0 Å². The van der Waals surface area contributed by atoms with Crippen LogP contribution in [0.5, 0.6) is 0 Å². The Hall–Kier alpha value is -2.22. The normalized spacial score (nSPS) is 11.0. The first-order valence-corrected chi connectivity index (χ1v) is 9.23. The Morgan fingerprint density at radius 2 is 2.04 bits per heavy atom. The van der Waals surface area contributed by atoms with E-state index in [2.05, 4.69) is 15.3 Å². The zero-order chi connectivity index (χ0) is 16.5. The average molecular weight is 375 g/mol. The van der Waals surface area contributed by atoms with Crippen LogP contribution in [0.3, 0.4) is 0 Å². The number of fused-ring (bicyclic) bond motifs is 1. The summed E-state index contributed by atoms with van der Waals surface area (Å²) in [5.74, 6) is -0.127. The fraction of sp³-hybridized carbons (Fsp3) is 0.0625. The van der Waals surface area contributed by atoms with Gasteiger partial charge in [-0.3, -0.25) is 9.20 Å². The van der Waals surface area contributed by atoms with E-state index in [1.165, 1.54) is 11.3 Å². The van der Waals surface area contributed by atoms with Crippen molar-refractivity contribution in [2.45, 2.75) is 6.42 Å². The lowest BCUT2D eigenvalue weighted by molar-refractivity contribution is -0.115. The maximum atomic E-state index is 12.2. The Labute approximate surface area is 150 Å². The first-order valence-electron chi connectivity index (χ1n) is 7.10. The molecule has 0 saturated heterocycles. The highest BCUT2D eigenvalue weighted by molar-refractivity contribution is 7.15. The SMILES string of the molecule is O=C(Cc1cn2ccsc2n1)Nc1nc(-c2ccc(Cl)cc2)cs1. The number of nitrogens with one attached hydrogen (secondary N) is 1. The van der Waals surface area contributed by atoms with Gasteiger partial charge in [-0.15, -0.1) is 22.7 Å². The van der Waals surface area contributed by atoms with E-state index in [4.69, 9.17) is 11.6 Å². The number of carbonyl (C=O) groups excluding carboxylic acids is 1. The molecule has 3 heterocycles. The number of aromatic nitrogens is 3. The van der Waals surface area contributed by atoms with Gasteiger partial charge in [-0.2, -0.15) is 0 Å². The van der Waals surface area contributed by atoms with E-state index in [1.807, 2.05) is 51.8 Å². The number of imidazole rings is 1. The molecular weight excluding hydrogens is 364 g/mol. The summed E-state index contributed by atoms with van der Waals surface area (Å²) >= 11 is 8.83. The van der Waals surface area contributed by atoms with E-state index >= 15 is 0 Å². The molecule has 0 saturated carbocycles. The fourth-order valence-electron chi connectivity index (χ4n) is 2.27. The molecule has 5 nitrogen and oxygen atoms in total. The Bertz CT molecular complexity index is 974. The second-order valence-electron chi connectivity index (χ2n) is 5.09. The third-order valence-electron chi connectivity index (χ3n) is 3.38. The van der Waals surface area contributed by atoms with Crippen LogP contribution in [0.1, 0.15) is 5.69 Å². The van der Waals surface area contributed by atoms with Crippen molar-refractivity contribution in [3.63, 3.8) is 0 Å². The lowest BCUT2D eigenvalue weighted by Crippen LogP contribution is -2.14. The number of anilines is 1. The standard InChI is InChI=1S/C16H11ClN4OS2/c17-11-3-1-10(2-4-11)13-9-24-15(19-13)20-14(22)7-12-8-21-5-6-23-16(21)18-12/h1-6,8-9H,7H2,(H,19,20,22). The summed E-state index contributed by atoms with van der Waals surface area (Å²) < 4.78 is 1.91. The zero-order valence-corrected chi connectivity index (χ0v) is 14.7. The van der Waals surface area contributed by atoms with Crippen LogP contribution in [-0.2, 0) is 11.2 Å². The number of thiazole rings is 2. The van der Waals surface area contributed by atoms with Crippen LogP contribution < -0.4 is 5.32 Å². The average Bonchev–Trinajstić information content (AvgIpc) is 3.24. The van der Waals surface area contributed by atoms with E-state index in [9.17, 15) is 4.79 Å². The summed E-state index contributed by atoms with van der Waals surface area (Å²) in [6.07, 6.45) is 4.02. The summed E-state index contributed by atoms with van der Waals surface area (Å²) in [5.41, 5.74) is 2.52. The Morgan fingerprint density at radius 1 is 1.21 bits per heavy atom. The highest BCUT2D eigenvalue weighted by Crippen LogP contribution is 2.26. The topological polar surface area (TPSA) is 59.3 Å². The number of nitrogens with zero attached hydrogens (tertiary/aromatic N) is 3.